The van der Waals surface area contributed by atoms with E-state index in [0.29, 0.717) is 23.3 Å². The molecule has 1 N–H and O–H groups in total. The summed E-state index contributed by atoms with van der Waals surface area (Å²) in [5.41, 5.74) is 1.60. The largest absolute Gasteiger partial charge is 0.497 e. The molecule has 2 atom stereocenters. The molecule has 230 valence electrons. The number of methoxy groups -OCH3 is 1. The Kier molecular flexibility index (Phi) is 11.2. The van der Waals surface area contributed by atoms with E-state index in [1.807, 2.05) is 44.2 Å². The van der Waals surface area contributed by atoms with E-state index in [-0.39, 0.29) is 36.3 Å². The molecule has 0 aromatic heterocycles. The molecule has 3 aromatic carbocycles. The molecule has 0 heterocycles. The van der Waals surface area contributed by atoms with Crippen molar-refractivity contribution in [2.45, 2.75) is 52.2 Å². The minimum Gasteiger partial charge on any atom is -0.497 e. The zero-order valence-corrected chi connectivity index (χ0v) is 25.8. The minimum absolute atomic E-state index is 0.00930. The van der Waals surface area contributed by atoms with Crippen molar-refractivity contribution in [2.75, 3.05) is 24.2 Å². The predicted molar refractivity (Wildman–Crippen MR) is 165 cm³/mol. The molecule has 0 unspecified atom stereocenters. The number of aryl methyl sites for hydroxylation is 1. The summed E-state index contributed by atoms with van der Waals surface area (Å²) < 4.78 is 32.3. The van der Waals surface area contributed by atoms with Gasteiger partial charge < -0.3 is 15.0 Å². The molecule has 0 bridgehead atoms. The molecule has 0 saturated heterocycles. The number of hydrogen-bond acceptors (Lipinski definition) is 7. The number of sulfonamides is 1. The summed E-state index contributed by atoms with van der Waals surface area (Å²) >= 11 is 0. The average molecular weight is 611 g/mol. The van der Waals surface area contributed by atoms with E-state index in [9.17, 15) is 28.1 Å². The molecule has 0 aliphatic heterocycles. The van der Waals surface area contributed by atoms with E-state index in [4.69, 9.17) is 4.74 Å². The van der Waals surface area contributed by atoms with Crippen molar-refractivity contribution < 1.29 is 27.7 Å². The SMILES string of the molecule is CC[C@H](C)NC(=O)[C@H](Cc1ccccc1)N(Cc1cccc(OC)c1)C(=O)CN(c1cc([N+](=O)[O-])ccc1C)S(C)(=O)=O. The van der Waals surface area contributed by atoms with Crippen LogP contribution in [-0.2, 0) is 32.6 Å². The van der Waals surface area contributed by atoms with E-state index >= 15 is 0 Å². The second-order valence-electron chi connectivity index (χ2n) is 10.4. The molecule has 0 fully saturated rings. The van der Waals surface area contributed by atoms with E-state index in [2.05, 4.69) is 5.32 Å². The Labute approximate surface area is 252 Å². The van der Waals surface area contributed by atoms with E-state index in [1.54, 1.807) is 31.2 Å². The number of anilines is 1. The van der Waals surface area contributed by atoms with Gasteiger partial charge in [0.2, 0.25) is 21.8 Å². The maximum Gasteiger partial charge on any atom is 0.271 e. The van der Waals surface area contributed by atoms with Crippen molar-refractivity contribution >= 4 is 33.2 Å². The van der Waals surface area contributed by atoms with Gasteiger partial charge in [-0.3, -0.25) is 24.0 Å². The summed E-state index contributed by atoms with van der Waals surface area (Å²) in [6.45, 7) is 4.71. The third-order valence-electron chi connectivity index (χ3n) is 7.11. The fraction of sp³-hybridized carbons (Fsp3) is 0.355. The summed E-state index contributed by atoms with van der Waals surface area (Å²) in [7, 11) is -2.56. The van der Waals surface area contributed by atoms with Crippen LogP contribution in [0.15, 0.2) is 72.8 Å². The van der Waals surface area contributed by atoms with Crippen LogP contribution in [0, 0.1) is 17.0 Å². The van der Waals surface area contributed by atoms with Gasteiger partial charge in [0, 0.05) is 31.1 Å². The molecule has 12 heteroatoms. The lowest BCUT2D eigenvalue weighted by molar-refractivity contribution is -0.384. The van der Waals surface area contributed by atoms with Crippen LogP contribution in [0.1, 0.15) is 37.0 Å². The minimum atomic E-state index is -4.08. The number of nitrogens with one attached hydrogen (secondary N) is 1. The number of ether oxygens (including phenoxy) is 1. The fourth-order valence-corrected chi connectivity index (χ4v) is 5.44. The summed E-state index contributed by atoms with van der Waals surface area (Å²) in [4.78, 5) is 40.2. The van der Waals surface area contributed by atoms with Crippen molar-refractivity contribution in [1.29, 1.82) is 0 Å². The number of hydrogen-bond donors (Lipinski definition) is 1. The number of nitro groups is 1. The van der Waals surface area contributed by atoms with Crippen LogP contribution in [-0.4, -0.2) is 62.0 Å². The number of carbonyl (C=O) groups is 2. The van der Waals surface area contributed by atoms with Crippen molar-refractivity contribution in [1.82, 2.24) is 10.2 Å². The normalized spacial score (nSPS) is 12.6. The highest BCUT2D eigenvalue weighted by Gasteiger charge is 2.34. The molecule has 0 spiro atoms. The fourth-order valence-electron chi connectivity index (χ4n) is 4.54. The third-order valence-corrected chi connectivity index (χ3v) is 8.24. The topological polar surface area (TPSA) is 139 Å². The number of carbonyl (C=O) groups excluding carboxylic acids is 2. The van der Waals surface area contributed by atoms with Crippen LogP contribution in [0.2, 0.25) is 0 Å². The number of nitrogens with zero attached hydrogens (tertiary/aromatic N) is 3. The maximum absolute atomic E-state index is 14.2. The van der Waals surface area contributed by atoms with Crippen molar-refractivity contribution in [3.05, 3.63) is 99.6 Å². The van der Waals surface area contributed by atoms with Gasteiger partial charge in [0.15, 0.2) is 0 Å². The Hall–Kier alpha value is -4.45. The standard InChI is InChI=1S/C31H38N4O7S/c1-6-23(3)32-31(37)29(18-24-11-8-7-9-12-24)33(20-25-13-10-14-27(17-25)42-4)30(36)21-34(43(5,40)41)28-19-26(35(38)39)16-15-22(28)2/h7-17,19,23,29H,6,18,20-21H2,1-5H3,(H,32,37)/t23-,29-/m0/s1. The first-order valence-corrected chi connectivity index (χ1v) is 15.7. The molecular formula is C31H38N4O7S. The van der Waals surface area contributed by atoms with Gasteiger partial charge in [0.25, 0.3) is 5.69 Å². The average Bonchev–Trinajstić information content (AvgIpc) is 2.97. The molecule has 0 radical (unpaired) electrons. The lowest BCUT2D eigenvalue weighted by atomic mass is 10.0. The van der Waals surface area contributed by atoms with Gasteiger partial charge in [-0.1, -0.05) is 55.5 Å². The number of amides is 2. The molecule has 11 nitrogen and oxygen atoms in total. The maximum atomic E-state index is 14.2. The first kappa shape index (κ1) is 33.1. The molecular weight excluding hydrogens is 572 g/mol. The van der Waals surface area contributed by atoms with Gasteiger partial charge in [-0.2, -0.15) is 0 Å². The lowest BCUT2D eigenvalue weighted by Crippen LogP contribution is -2.54. The number of rotatable bonds is 14. The highest BCUT2D eigenvalue weighted by molar-refractivity contribution is 7.92. The molecule has 43 heavy (non-hydrogen) atoms. The number of nitro benzene ring substituents is 1. The van der Waals surface area contributed by atoms with Crippen LogP contribution in [0.5, 0.6) is 5.75 Å². The number of non-ortho nitro benzene ring substituents is 1. The predicted octanol–water partition coefficient (Wildman–Crippen LogP) is 4.23. The van der Waals surface area contributed by atoms with Gasteiger partial charge in [-0.05, 0) is 49.1 Å². The Morgan fingerprint density at radius 3 is 2.30 bits per heavy atom. The molecule has 0 saturated carbocycles. The number of benzene rings is 3. The van der Waals surface area contributed by atoms with Gasteiger partial charge in [-0.15, -0.1) is 0 Å². The third kappa shape index (κ3) is 9.02. The van der Waals surface area contributed by atoms with Crippen LogP contribution in [0.3, 0.4) is 0 Å². The monoisotopic (exact) mass is 610 g/mol. The zero-order valence-electron chi connectivity index (χ0n) is 25.0. The highest BCUT2D eigenvalue weighted by atomic mass is 32.2. The van der Waals surface area contributed by atoms with Gasteiger partial charge in [0.1, 0.15) is 18.3 Å². The smallest absolute Gasteiger partial charge is 0.271 e. The van der Waals surface area contributed by atoms with Gasteiger partial charge in [-0.25, -0.2) is 8.42 Å². The quantitative estimate of drug-likeness (QED) is 0.213. The first-order chi connectivity index (χ1) is 20.3. The molecule has 3 rings (SSSR count). The summed E-state index contributed by atoms with van der Waals surface area (Å²) in [5, 5.41) is 14.5. The summed E-state index contributed by atoms with van der Waals surface area (Å²) in [5.74, 6) is -0.482. The Morgan fingerprint density at radius 1 is 1.02 bits per heavy atom. The molecule has 2 amide bonds. The van der Waals surface area contributed by atoms with Crippen molar-refractivity contribution in [3.8, 4) is 5.75 Å². The Bertz CT molecular complexity index is 1550. The van der Waals surface area contributed by atoms with Gasteiger partial charge in [0.05, 0.1) is 24.0 Å². The molecule has 0 aliphatic rings. The zero-order chi connectivity index (χ0) is 31.7. The van der Waals surface area contributed by atoms with Crippen molar-refractivity contribution in [2.24, 2.45) is 0 Å². The van der Waals surface area contributed by atoms with Gasteiger partial charge >= 0.3 is 0 Å². The van der Waals surface area contributed by atoms with Crippen molar-refractivity contribution in [3.63, 3.8) is 0 Å². The summed E-state index contributed by atoms with van der Waals surface area (Å²) in [6, 6.07) is 18.9. The van der Waals surface area contributed by atoms with E-state index < -0.39 is 33.4 Å². The Balaban J connectivity index is 2.13. The van der Waals surface area contributed by atoms with Crippen LogP contribution in [0.25, 0.3) is 0 Å². The molecule has 0 aliphatic carbocycles. The van der Waals surface area contributed by atoms with Crippen LogP contribution < -0.4 is 14.4 Å². The van der Waals surface area contributed by atoms with E-state index in [1.165, 1.54) is 24.1 Å². The second kappa shape index (κ2) is 14.6. The summed E-state index contributed by atoms with van der Waals surface area (Å²) in [6.07, 6.45) is 1.77. The lowest BCUT2D eigenvalue weighted by Gasteiger charge is -2.34. The molecule has 3 aromatic rings. The van der Waals surface area contributed by atoms with Crippen LogP contribution >= 0.6 is 0 Å². The van der Waals surface area contributed by atoms with Crippen LogP contribution in [0.4, 0.5) is 11.4 Å². The first-order valence-electron chi connectivity index (χ1n) is 13.8. The Morgan fingerprint density at radius 2 is 1.70 bits per heavy atom. The second-order valence-corrected chi connectivity index (χ2v) is 12.3. The van der Waals surface area contributed by atoms with E-state index in [0.717, 1.165) is 22.2 Å². The highest BCUT2D eigenvalue weighted by Crippen LogP contribution is 2.28.